The third kappa shape index (κ3) is 3.46. The lowest BCUT2D eigenvalue weighted by molar-refractivity contribution is 0.0685. The molecule has 1 aliphatic carbocycles. The van der Waals surface area contributed by atoms with E-state index < -0.39 is 0 Å². The van der Waals surface area contributed by atoms with Gasteiger partial charge in [0.05, 0.1) is 10.9 Å². The highest BCUT2D eigenvalue weighted by molar-refractivity contribution is 7.19. The molecule has 3 aromatic heterocycles. The van der Waals surface area contributed by atoms with Gasteiger partial charge in [0.15, 0.2) is 10.1 Å². The van der Waals surface area contributed by atoms with Crippen molar-refractivity contribution in [3.63, 3.8) is 0 Å². The monoisotopic (exact) mass is 496 g/mol. The van der Waals surface area contributed by atoms with Gasteiger partial charge in [-0.1, -0.05) is 34.8 Å². The summed E-state index contributed by atoms with van der Waals surface area (Å²) < 4.78 is 15.7. The number of amides is 2. The standard InChI is InChI=1S/C23H21FN6O2S2/c1-11-18(34-23-26-5-6-29(11)23)20(31)27-10-15-8-13-9-16(13)30(15)21(32)17-19(33-22(25)28-17)12-3-2-4-14(24)7-12/h2-7,13,15-16H,8-10H2,1H3,(H2,25,28)(H,27,31)/t13?,15-,16?/m0/s1. The summed E-state index contributed by atoms with van der Waals surface area (Å²) >= 11 is 2.52. The molecule has 34 heavy (non-hydrogen) atoms. The van der Waals surface area contributed by atoms with Crippen LogP contribution in [0.15, 0.2) is 36.7 Å². The van der Waals surface area contributed by atoms with Gasteiger partial charge in [-0.3, -0.25) is 14.0 Å². The van der Waals surface area contributed by atoms with Gasteiger partial charge in [0.25, 0.3) is 11.8 Å². The molecule has 3 atom stereocenters. The first-order valence-electron chi connectivity index (χ1n) is 11.0. The van der Waals surface area contributed by atoms with E-state index in [0.717, 1.165) is 23.5 Å². The molecule has 1 aromatic carbocycles. The van der Waals surface area contributed by atoms with E-state index in [1.165, 1.54) is 34.8 Å². The number of hydrogen-bond acceptors (Lipinski definition) is 7. The minimum absolute atomic E-state index is 0.132. The third-order valence-corrected chi connectivity index (χ3v) is 8.68. The number of rotatable bonds is 5. The number of halogens is 1. The SMILES string of the molecule is Cc1c(C(=O)NC[C@@H]2CC3CC3N2C(=O)c2nc(N)sc2-c2cccc(F)c2)sc2nccn12. The van der Waals surface area contributed by atoms with Gasteiger partial charge < -0.3 is 16.0 Å². The second kappa shape index (κ2) is 7.88. The Kier molecular flexibility index (Phi) is 4.92. The van der Waals surface area contributed by atoms with Crippen LogP contribution in [0.5, 0.6) is 0 Å². The molecule has 2 aliphatic rings. The number of aryl methyl sites for hydroxylation is 1. The molecule has 8 nitrogen and oxygen atoms in total. The fraction of sp³-hybridized carbons (Fsp3) is 0.304. The average molecular weight is 497 g/mol. The van der Waals surface area contributed by atoms with E-state index >= 15 is 0 Å². The molecule has 4 heterocycles. The minimum Gasteiger partial charge on any atom is -0.375 e. The number of piperidine rings is 1. The number of fused-ring (bicyclic) bond motifs is 2. The molecule has 1 aliphatic heterocycles. The number of anilines is 1. The summed E-state index contributed by atoms with van der Waals surface area (Å²) in [7, 11) is 0. The van der Waals surface area contributed by atoms with Crippen LogP contribution in [0.3, 0.4) is 0 Å². The van der Waals surface area contributed by atoms with E-state index in [2.05, 4.69) is 15.3 Å². The molecule has 2 fully saturated rings. The first-order valence-corrected chi connectivity index (χ1v) is 12.6. The largest absolute Gasteiger partial charge is 0.375 e. The molecule has 0 spiro atoms. The second-order valence-corrected chi connectivity index (χ2v) is 10.7. The number of hydrogen-bond donors (Lipinski definition) is 2. The Hall–Kier alpha value is -3.31. The molecule has 0 radical (unpaired) electrons. The molecule has 1 saturated heterocycles. The van der Waals surface area contributed by atoms with Crippen molar-refractivity contribution in [3.05, 3.63) is 58.7 Å². The molecular formula is C23H21FN6O2S2. The Labute approximate surface area is 202 Å². The van der Waals surface area contributed by atoms with Crippen molar-refractivity contribution in [1.29, 1.82) is 0 Å². The summed E-state index contributed by atoms with van der Waals surface area (Å²) in [4.78, 5) is 38.9. The molecule has 4 aromatic rings. The summed E-state index contributed by atoms with van der Waals surface area (Å²) in [5, 5.41) is 3.27. The zero-order valence-corrected chi connectivity index (χ0v) is 19.8. The molecule has 3 N–H and O–H groups in total. The highest BCUT2D eigenvalue weighted by atomic mass is 32.1. The van der Waals surface area contributed by atoms with Crippen molar-refractivity contribution >= 4 is 44.6 Å². The first kappa shape index (κ1) is 21.2. The summed E-state index contributed by atoms with van der Waals surface area (Å²) in [5.41, 5.74) is 7.61. The van der Waals surface area contributed by atoms with Gasteiger partial charge in [-0.2, -0.15) is 0 Å². The summed E-state index contributed by atoms with van der Waals surface area (Å²) in [6.07, 6.45) is 5.32. The number of nitrogens with one attached hydrogen (secondary N) is 1. The van der Waals surface area contributed by atoms with Crippen molar-refractivity contribution in [2.75, 3.05) is 12.3 Å². The Balaban J connectivity index is 1.23. The molecule has 1 saturated carbocycles. The van der Waals surface area contributed by atoms with Crippen LogP contribution in [0.4, 0.5) is 9.52 Å². The maximum Gasteiger partial charge on any atom is 0.274 e. The number of benzene rings is 1. The Bertz CT molecular complexity index is 1440. The van der Waals surface area contributed by atoms with Crippen LogP contribution in [0, 0.1) is 18.7 Å². The number of aromatic nitrogens is 3. The lowest BCUT2D eigenvalue weighted by Gasteiger charge is -2.27. The van der Waals surface area contributed by atoms with Gasteiger partial charge in [0.2, 0.25) is 0 Å². The van der Waals surface area contributed by atoms with Gasteiger partial charge in [-0.05, 0) is 43.4 Å². The number of nitrogen functional groups attached to an aromatic ring is 1. The zero-order valence-electron chi connectivity index (χ0n) is 18.2. The Morgan fingerprint density at radius 1 is 1.29 bits per heavy atom. The van der Waals surface area contributed by atoms with Gasteiger partial charge in [0.1, 0.15) is 16.4 Å². The summed E-state index contributed by atoms with van der Waals surface area (Å²) in [6, 6.07) is 6.09. The third-order valence-electron chi connectivity index (χ3n) is 6.57. The normalized spacial score (nSPS) is 21.1. The van der Waals surface area contributed by atoms with Crippen molar-refractivity contribution in [3.8, 4) is 10.4 Å². The maximum atomic E-state index is 13.8. The maximum absolute atomic E-state index is 13.8. The number of carbonyl (C=O) groups is 2. The van der Waals surface area contributed by atoms with Gasteiger partial charge in [0, 0.05) is 30.7 Å². The minimum atomic E-state index is -0.386. The Morgan fingerprint density at radius 2 is 2.15 bits per heavy atom. The molecule has 0 bridgehead atoms. The fourth-order valence-corrected chi connectivity index (χ4v) is 6.71. The second-order valence-electron chi connectivity index (χ2n) is 8.71. The summed E-state index contributed by atoms with van der Waals surface area (Å²) in [6.45, 7) is 2.24. The quantitative estimate of drug-likeness (QED) is 0.439. The average Bonchev–Trinajstić information content (AvgIpc) is 3.19. The van der Waals surface area contributed by atoms with Crippen LogP contribution < -0.4 is 11.1 Å². The zero-order chi connectivity index (χ0) is 23.6. The highest BCUT2D eigenvalue weighted by Gasteiger charge is 2.54. The smallest absolute Gasteiger partial charge is 0.274 e. The topological polar surface area (TPSA) is 106 Å². The van der Waals surface area contributed by atoms with Crippen LogP contribution in [-0.2, 0) is 0 Å². The molecule has 2 unspecified atom stereocenters. The van der Waals surface area contributed by atoms with Crippen LogP contribution >= 0.6 is 22.7 Å². The number of imidazole rings is 1. The van der Waals surface area contributed by atoms with E-state index in [-0.39, 0.29) is 40.5 Å². The lowest BCUT2D eigenvalue weighted by atomic mass is 10.1. The van der Waals surface area contributed by atoms with Gasteiger partial charge >= 0.3 is 0 Å². The van der Waals surface area contributed by atoms with Crippen LogP contribution in [0.1, 0.15) is 38.7 Å². The van der Waals surface area contributed by atoms with Crippen molar-refractivity contribution in [2.24, 2.45) is 5.92 Å². The molecule has 11 heteroatoms. The van der Waals surface area contributed by atoms with Crippen LogP contribution in [0.2, 0.25) is 0 Å². The van der Waals surface area contributed by atoms with E-state index in [4.69, 9.17) is 5.73 Å². The van der Waals surface area contributed by atoms with E-state index in [9.17, 15) is 14.0 Å². The van der Waals surface area contributed by atoms with E-state index in [0.29, 0.717) is 27.8 Å². The first-order chi connectivity index (χ1) is 16.4. The fourth-order valence-electron chi connectivity index (χ4n) is 4.88. The highest BCUT2D eigenvalue weighted by Crippen LogP contribution is 2.49. The number of nitrogens with two attached hydrogens (primary N) is 1. The number of likely N-dealkylation sites (tertiary alicyclic amines) is 1. The summed E-state index contributed by atoms with van der Waals surface area (Å²) in [5.74, 6) is -0.337. The number of nitrogens with zero attached hydrogens (tertiary/aromatic N) is 4. The van der Waals surface area contributed by atoms with Crippen molar-refractivity contribution in [2.45, 2.75) is 31.8 Å². The predicted octanol–water partition coefficient (Wildman–Crippen LogP) is 3.58. The van der Waals surface area contributed by atoms with Gasteiger partial charge in [-0.25, -0.2) is 14.4 Å². The van der Waals surface area contributed by atoms with Crippen LogP contribution in [-0.4, -0.2) is 49.7 Å². The number of carbonyl (C=O) groups excluding carboxylic acids is 2. The lowest BCUT2D eigenvalue weighted by Crippen LogP contribution is -2.45. The number of thiazole rings is 2. The molecular weight excluding hydrogens is 475 g/mol. The molecule has 6 rings (SSSR count). The molecule has 174 valence electrons. The van der Waals surface area contributed by atoms with Crippen molar-refractivity contribution < 1.29 is 14.0 Å². The van der Waals surface area contributed by atoms with Crippen LogP contribution in [0.25, 0.3) is 15.4 Å². The Morgan fingerprint density at radius 3 is 2.94 bits per heavy atom. The van der Waals surface area contributed by atoms with E-state index in [1.807, 2.05) is 22.4 Å². The van der Waals surface area contributed by atoms with Crippen molar-refractivity contribution in [1.82, 2.24) is 24.6 Å². The van der Waals surface area contributed by atoms with Gasteiger partial charge in [-0.15, -0.1) is 0 Å². The molecule has 2 amide bonds. The predicted molar refractivity (Wildman–Crippen MR) is 129 cm³/mol. The van der Waals surface area contributed by atoms with E-state index in [1.54, 1.807) is 18.3 Å².